The number of aliphatic hydroxyl groups excluding tert-OH is 1. The summed E-state index contributed by atoms with van der Waals surface area (Å²) in [6.07, 6.45) is 10.8. The number of nitrogens with zero attached hydrogens (tertiary/aromatic N) is 1. The number of rotatable bonds is 2. The molecule has 0 radical (unpaired) electrons. The van der Waals surface area contributed by atoms with Crippen LogP contribution in [-0.4, -0.2) is 35.2 Å². The lowest BCUT2D eigenvalue weighted by atomic mass is 9.69. The van der Waals surface area contributed by atoms with Crippen molar-refractivity contribution >= 4 is 0 Å². The summed E-state index contributed by atoms with van der Waals surface area (Å²) in [5.74, 6) is 0.872. The molecule has 0 bridgehead atoms. The second-order valence-electron chi connectivity index (χ2n) is 7.13. The fourth-order valence-electron chi connectivity index (χ4n) is 4.41. The molecule has 1 aliphatic heterocycles. The Balaban J connectivity index is 1.63. The molecular weight excluding hydrogens is 210 g/mol. The monoisotopic (exact) mass is 237 g/mol. The normalized spacial score (nSPS) is 41.6. The van der Waals surface area contributed by atoms with E-state index in [-0.39, 0.29) is 5.54 Å². The van der Waals surface area contributed by atoms with Gasteiger partial charge in [0.15, 0.2) is 0 Å². The molecule has 3 rings (SSSR count). The molecule has 17 heavy (non-hydrogen) atoms. The first kappa shape index (κ1) is 12.0. The number of aliphatic hydroxyl groups is 1. The Morgan fingerprint density at radius 1 is 1.06 bits per heavy atom. The average molecular weight is 237 g/mol. The van der Waals surface area contributed by atoms with Crippen LogP contribution in [0, 0.1) is 11.3 Å². The third-order valence-corrected chi connectivity index (χ3v) is 5.89. The predicted octanol–water partition coefficient (Wildman–Crippen LogP) is 2.80. The molecule has 0 aromatic carbocycles. The standard InChI is InChI=1S/C15H27NO/c1-13-4-8-15(12-17,9-5-13)16-10-14(11-16)6-2-3-7-14/h13,17H,2-12H2,1H3. The average Bonchev–Trinajstić information content (AvgIpc) is 2.78. The van der Waals surface area contributed by atoms with E-state index in [1.807, 2.05) is 0 Å². The fraction of sp³-hybridized carbons (Fsp3) is 1.00. The minimum absolute atomic E-state index is 0.167. The van der Waals surface area contributed by atoms with Crippen molar-refractivity contribution in [2.45, 2.75) is 63.8 Å². The van der Waals surface area contributed by atoms with E-state index < -0.39 is 0 Å². The molecule has 2 nitrogen and oxygen atoms in total. The van der Waals surface area contributed by atoms with E-state index in [4.69, 9.17) is 0 Å². The quantitative estimate of drug-likeness (QED) is 0.798. The molecule has 0 unspecified atom stereocenters. The van der Waals surface area contributed by atoms with Gasteiger partial charge in [-0.05, 0) is 49.9 Å². The summed E-state index contributed by atoms with van der Waals surface area (Å²) in [7, 11) is 0. The first-order chi connectivity index (χ1) is 8.18. The van der Waals surface area contributed by atoms with Crippen molar-refractivity contribution in [1.82, 2.24) is 4.90 Å². The molecule has 2 aliphatic carbocycles. The molecule has 3 fully saturated rings. The summed E-state index contributed by atoms with van der Waals surface area (Å²) in [6, 6.07) is 0. The Labute approximate surface area is 105 Å². The van der Waals surface area contributed by atoms with Crippen LogP contribution in [0.2, 0.25) is 0 Å². The highest BCUT2D eigenvalue weighted by molar-refractivity contribution is 5.06. The molecule has 0 aromatic heterocycles. The van der Waals surface area contributed by atoms with Gasteiger partial charge in [-0.3, -0.25) is 4.90 Å². The van der Waals surface area contributed by atoms with Gasteiger partial charge >= 0.3 is 0 Å². The van der Waals surface area contributed by atoms with Crippen LogP contribution in [0.4, 0.5) is 0 Å². The molecular formula is C15H27NO. The lowest BCUT2D eigenvalue weighted by Crippen LogP contribution is -2.66. The Hall–Kier alpha value is -0.0800. The van der Waals surface area contributed by atoms with Gasteiger partial charge in [-0.1, -0.05) is 19.8 Å². The maximum atomic E-state index is 9.85. The Morgan fingerprint density at radius 2 is 1.65 bits per heavy atom. The van der Waals surface area contributed by atoms with Crippen molar-refractivity contribution in [1.29, 1.82) is 0 Å². The van der Waals surface area contributed by atoms with Crippen LogP contribution >= 0.6 is 0 Å². The molecule has 0 amide bonds. The van der Waals surface area contributed by atoms with E-state index in [9.17, 15) is 5.11 Å². The number of likely N-dealkylation sites (tertiary alicyclic amines) is 1. The molecule has 1 N–H and O–H groups in total. The van der Waals surface area contributed by atoms with E-state index >= 15 is 0 Å². The Kier molecular flexibility index (Phi) is 2.99. The maximum absolute atomic E-state index is 9.85. The molecule has 0 atom stereocenters. The van der Waals surface area contributed by atoms with Crippen molar-refractivity contribution in [3.8, 4) is 0 Å². The predicted molar refractivity (Wildman–Crippen MR) is 69.9 cm³/mol. The van der Waals surface area contributed by atoms with E-state index in [2.05, 4.69) is 11.8 Å². The van der Waals surface area contributed by atoms with Crippen molar-refractivity contribution in [3.05, 3.63) is 0 Å². The van der Waals surface area contributed by atoms with Crippen LogP contribution in [0.25, 0.3) is 0 Å². The minimum Gasteiger partial charge on any atom is -0.394 e. The van der Waals surface area contributed by atoms with Gasteiger partial charge in [-0.25, -0.2) is 0 Å². The fourth-order valence-corrected chi connectivity index (χ4v) is 4.41. The molecule has 1 saturated heterocycles. The summed E-state index contributed by atoms with van der Waals surface area (Å²) in [4.78, 5) is 2.63. The van der Waals surface area contributed by atoms with Gasteiger partial charge in [0, 0.05) is 18.6 Å². The van der Waals surface area contributed by atoms with E-state index in [1.54, 1.807) is 0 Å². The zero-order valence-corrected chi connectivity index (χ0v) is 11.2. The van der Waals surface area contributed by atoms with Gasteiger partial charge in [0.2, 0.25) is 0 Å². The second-order valence-corrected chi connectivity index (χ2v) is 7.13. The third-order valence-electron chi connectivity index (χ3n) is 5.89. The van der Waals surface area contributed by atoms with Crippen molar-refractivity contribution in [2.24, 2.45) is 11.3 Å². The lowest BCUT2D eigenvalue weighted by molar-refractivity contribution is -0.113. The zero-order valence-electron chi connectivity index (χ0n) is 11.2. The van der Waals surface area contributed by atoms with Crippen molar-refractivity contribution < 1.29 is 5.11 Å². The van der Waals surface area contributed by atoms with Crippen molar-refractivity contribution in [2.75, 3.05) is 19.7 Å². The lowest BCUT2D eigenvalue weighted by Gasteiger charge is -2.59. The molecule has 0 aromatic rings. The smallest absolute Gasteiger partial charge is 0.0615 e. The summed E-state index contributed by atoms with van der Waals surface area (Å²) < 4.78 is 0. The van der Waals surface area contributed by atoms with Crippen LogP contribution in [-0.2, 0) is 0 Å². The van der Waals surface area contributed by atoms with Gasteiger partial charge < -0.3 is 5.11 Å². The van der Waals surface area contributed by atoms with Crippen LogP contribution < -0.4 is 0 Å². The first-order valence-electron chi connectivity index (χ1n) is 7.54. The Morgan fingerprint density at radius 3 is 2.18 bits per heavy atom. The number of hydrogen-bond acceptors (Lipinski definition) is 2. The van der Waals surface area contributed by atoms with Crippen molar-refractivity contribution in [3.63, 3.8) is 0 Å². The molecule has 1 heterocycles. The van der Waals surface area contributed by atoms with Crippen LogP contribution in [0.3, 0.4) is 0 Å². The molecule has 3 aliphatic rings. The highest BCUT2D eigenvalue weighted by Gasteiger charge is 2.52. The van der Waals surface area contributed by atoms with E-state index in [1.165, 1.54) is 64.5 Å². The van der Waals surface area contributed by atoms with E-state index in [0.29, 0.717) is 12.0 Å². The second kappa shape index (κ2) is 4.24. The summed E-state index contributed by atoms with van der Waals surface area (Å²) >= 11 is 0. The molecule has 2 saturated carbocycles. The van der Waals surface area contributed by atoms with Gasteiger partial charge in [0.1, 0.15) is 0 Å². The topological polar surface area (TPSA) is 23.5 Å². The van der Waals surface area contributed by atoms with Gasteiger partial charge in [0.25, 0.3) is 0 Å². The van der Waals surface area contributed by atoms with Crippen LogP contribution in [0.15, 0.2) is 0 Å². The summed E-state index contributed by atoms with van der Waals surface area (Å²) in [6.45, 7) is 5.30. The molecule has 1 spiro atoms. The largest absolute Gasteiger partial charge is 0.394 e. The van der Waals surface area contributed by atoms with Crippen LogP contribution in [0.5, 0.6) is 0 Å². The summed E-state index contributed by atoms with van der Waals surface area (Å²) in [5, 5.41) is 9.85. The highest BCUT2D eigenvalue weighted by Crippen LogP contribution is 2.50. The number of hydrogen-bond donors (Lipinski definition) is 1. The SMILES string of the molecule is CC1CCC(CO)(N2CC3(CCCC3)C2)CC1. The van der Waals surface area contributed by atoms with Gasteiger partial charge in [-0.15, -0.1) is 0 Å². The first-order valence-corrected chi connectivity index (χ1v) is 7.54. The van der Waals surface area contributed by atoms with Gasteiger partial charge in [-0.2, -0.15) is 0 Å². The third kappa shape index (κ3) is 1.94. The van der Waals surface area contributed by atoms with Crippen LogP contribution in [0.1, 0.15) is 58.3 Å². The summed E-state index contributed by atoms with van der Waals surface area (Å²) in [5.41, 5.74) is 0.839. The highest BCUT2D eigenvalue weighted by atomic mass is 16.3. The molecule has 98 valence electrons. The molecule has 2 heteroatoms. The Bertz CT molecular complexity index is 267. The van der Waals surface area contributed by atoms with E-state index in [0.717, 1.165) is 5.92 Å². The maximum Gasteiger partial charge on any atom is 0.0615 e. The zero-order chi connectivity index (χ0) is 11.9. The van der Waals surface area contributed by atoms with Gasteiger partial charge in [0.05, 0.1) is 6.61 Å². The minimum atomic E-state index is 0.167.